The fraction of sp³-hybridized carbons (Fsp3) is 0.455. The first-order valence-corrected chi connectivity index (χ1v) is 5.77. The molecule has 0 radical (unpaired) electrons. The van der Waals surface area contributed by atoms with Crippen LogP contribution in [0.1, 0.15) is 12.5 Å². The Hall–Kier alpha value is -0.630. The molecule has 2 rings (SSSR count). The molecule has 70 valence electrons. The molecular formula is C11H15NS. The van der Waals surface area contributed by atoms with Crippen molar-refractivity contribution in [3.05, 3.63) is 29.8 Å². The summed E-state index contributed by atoms with van der Waals surface area (Å²) in [7, 11) is 0. The lowest BCUT2D eigenvalue weighted by Crippen LogP contribution is -2.25. The monoisotopic (exact) mass is 193 g/mol. The third-order valence-corrected chi connectivity index (χ3v) is 3.65. The Labute approximate surface area is 84.1 Å². The van der Waals surface area contributed by atoms with Gasteiger partial charge in [-0.2, -0.15) is 0 Å². The minimum absolute atomic E-state index is 0.641. The average molecular weight is 193 g/mol. The van der Waals surface area contributed by atoms with Crippen molar-refractivity contribution in [3.63, 3.8) is 0 Å². The van der Waals surface area contributed by atoms with E-state index in [0.717, 1.165) is 0 Å². The molecule has 0 aromatic heterocycles. The summed E-state index contributed by atoms with van der Waals surface area (Å²) in [4.78, 5) is 2.46. The summed E-state index contributed by atoms with van der Waals surface area (Å²) >= 11 is 2.03. The minimum Gasteiger partial charge on any atom is -0.359 e. The van der Waals surface area contributed by atoms with Gasteiger partial charge in [0.1, 0.15) is 0 Å². The van der Waals surface area contributed by atoms with Crippen molar-refractivity contribution in [3.8, 4) is 0 Å². The smallest absolute Gasteiger partial charge is 0.0723 e. The van der Waals surface area contributed by atoms with Gasteiger partial charge in [-0.05, 0) is 26.0 Å². The van der Waals surface area contributed by atoms with Crippen LogP contribution in [-0.2, 0) is 0 Å². The molecule has 13 heavy (non-hydrogen) atoms. The van der Waals surface area contributed by atoms with Crippen LogP contribution < -0.4 is 4.90 Å². The largest absolute Gasteiger partial charge is 0.359 e. The van der Waals surface area contributed by atoms with E-state index >= 15 is 0 Å². The first-order valence-electron chi connectivity index (χ1n) is 4.72. The van der Waals surface area contributed by atoms with Crippen LogP contribution in [0, 0.1) is 6.92 Å². The van der Waals surface area contributed by atoms with Crippen LogP contribution in [0.15, 0.2) is 24.3 Å². The summed E-state index contributed by atoms with van der Waals surface area (Å²) in [5.74, 6) is 1.26. The number of benzene rings is 1. The van der Waals surface area contributed by atoms with Crippen molar-refractivity contribution >= 4 is 17.4 Å². The molecule has 0 amide bonds. The van der Waals surface area contributed by atoms with Gasteiger partial charge in [0, 0.05) is 18.0 Å². The zero-order valence-corrected chi connectivity index (χ0v) is 8.97. The number of hydrogen-bond donors (Lipinski definition) is 0. The van der Waals surface area contributed by atoms with Gasteiger partial charge < -0.3 is 4.90 Å². The summed E-state index contributed by atoms with van der Waals surface area (Å²) in [5, 5.41) is 0.641. The minimum atomic E-state index is 0.641. The Morgan fingerprint density at radius 2 is 2.00 bits per heavy atom. The summed E-state index contributed by atoms with van der Waals surface area (Å²) in [6, 6.07) is 8.81. The topological polar surface area (TPSA) is 3.24 Å². The van der Waals surface area contributed by atoms with Gasteiger partial charge in [-0.25, -0.2) is 0 Å². The predicted molar refractivity (Wildman–Crippen MR) is 60.4 cm³/mol. The molecule has 1 fully saturated rings. The zero-order chi connectivity index (χ0) is 9.26. The van der Waals surface area contributed by atoms with E-state index in [1.807, 2.05) is 11.8 Å². The van der Waals surface area contributed by atoms with Gasteiger partial charge in [0.25, 0.3) is 0 Å². The number of anilines is 1. The highest BCUT2D eigenvalue weighted by Gasteiger charge is 2.20. The van der Waals surface area contributed by atoms with Crippen molar-refractivity contribution in [1.82, 2.24) is 0 Å². The Morgan fingerprint density at radius 1 is 1.31 bits per heavy atom. The summed E-state index contributed by atoms with van der Waals surface area (Å²) in [5.41, 5.74) is 2.70. The normalized spacial score (nSPS) is 22.3. The molecule has 1 aliphatic heterocycles. The Kier molecular flexibility index (Phi) is 2.49. The first kappa shape index (κ1) is 8.95. The van der Waals surface area contributed by atoms with Crippen LogP contribution in [0.3, 0.4) is 0 Å². The molecule has 1 aromatic rings. The molecular weight excluding hydrogens is 178 g/mol. The van der Waals surface area contributed by atoms with Crippen molar-refractivity contribution in [1.29, 1.82) is 0 Å². The molecule has 0 bridgehead atoms. The molecule has 0 N–H and O–H groups in total. The average Bonchev–Trinajstić information content (AvgIpc) is 2.53. The maximum Gasteiger partial charge on any atom is 0.0723 e. The van der Waals surface area contributed by atoms with Gasteiger partial charge in [-0.1, -0.05) is 17.7 Å². The molecule has 2 heteroatoms. The van der Waals surface area contributed by atoms with Crippen molar-refractivity contribution in [2.45, 2.75) is 19.2 Å². The van der Waals surface area contributed by atoms with Crippen molar-refractivity contribution in [2.24, 2.45) is 0 Å². The number of thioether (sulfide) groups is 1. The Balaban J connectivity index is 2.20. The number of rotatable bonds is 1. The van der Waals surface area contributed by atoms with Gasteiger partial charge in [-0.15, -0.1) is 11.8 Å². The number of hydrogen-bond acceptors (Lipinski definition) is 2. The highest BCUT2D eigenvalue weighted by molar-refractivity contribution is 8.00. The standard InChI is InChI=1S/C11H15NS/c1-9-3-5-11(6-4-9)12-7-8-13-10(12)2/h3-6,10H,7-8H2,1-2H3. The van der Waals surface area contributed by atoms with Gasteiger partial charge in [0.05, 0.1) is 5.37 Å². The zero-order valence-electron chi connectivity index (χ0n) is 8.16. The SMILES string of the molecule is Cc1ccc(N2CCSC2C)cc1. The molecule has 0 saturated carbocycles. The first-order chi connectivity index (χ1) is 6.27. The van der Waals surface area contributed by atoms with Crippen LogP contribution in [-0.4, -0.2) is 17.7 Å². The lowest BCUT2D eigenvalue weighted by atomic mass is 10.2. The van der Waals surface area contributed by atoms with E-state index in [0.29, 0.717) is 5.37 Å². The summed E-state index contributed by atoms with van der Waals surface area (Å²) in [6.45, 7) is 5.60. The van der Waals surface area contributed by atoms with E-state index in [2.05, 4.69) is 43.0 Å². The van der Waals surface area contributed by atoms with E-state index in [4.69, 9.17) is 0 Å². The van der Waals surface area contributed by atoms with Gasteiger partial charge >= 0.3 is 0 Å². The Bertz CT molecular complexity index is 281. The second kappa shape index (κ2) is 3.62. The van der Waals surface area contributed by atoms with Crippen molar-refractivity contribution in [2.75, 3.05) is 17.2 Å². The third-order valence-electron chi connectivity index (χ3n) is 2.50. The predicted octanol–water partition coefficient (Wildman–Crippen LogP) is 2.89. The quantitative estimate of drug-likeness (QED) is 0.674. The van der Waals surface area contributed by atoms with Crippen molar-refractivity contribution < 1.29 is 0 Å². The molecule has 1 saturated heterocycles. The fourth-order valence-electron chi connectivity index (χ4n) is 1.67. The van der Waals surface area contributed by atoms with Crippen LogP contribution in [0.4, 0.5) is 5.69 Å². The molecule has 1 aromatic carbocycles. The maximum atomic E-state index is 2.46. The van der Waals surface area contributed by atoms with E-state index in [1.165, 1.54) is 23.5 Å². The van der Waals surface area contributed by atoms with Crippen LogP contribution in [0.25, 0.3) is 0 Å². The van der Waals surface area contributed by atoms with E-state index in [-0.39, 0.29) is 0 Å². The van der Waals surface area contributed by atoms with E-state index in [1.54, 1.807) is 0 Å². The highest BCUT2D eigenvalue weighted by Crippen LogP contribution is 2.28. The van der Waals surface area contributed by atoms with Crippen LogP contribution in [0.5, 0.6) is 0 Å². The molecule has 1 unspecified atom stereocenters. The summed E-state index contributed by atoms with van der Waals surface area (Å²) in [6.07, 6.45) is 0. The molecule has 0 spiro atoms. The number of nitrogens with zero attached hydrogens (tertiary/aromatic N) is 1. The lowest BCUT2D eigenvalue weighted by molar-refractivity contribution is 0.866. The number of aryl methyl sites for hydroxylation is 1. The summed E-state index contributed by atoms with van der Waals surface area (Å²) < 4.78 is 0. The third kappa shape index (κ3) is 1.83. The lowest BCUT2D eigenvalue weighted by Gasteiger charge is -2.22. The van der Waals surface area contributed by atoms with Gasteiger partial charge in [0.15, 0.2) is 0 Å². The Morgan fingerprint density at radius 3 is 2.54 bits per heavy atom. The fourth-order valence-corrected chi connectivity index (χ4v) is 2.72. The molecule has 1 heterocycles. The van der Waals surface area contributed by atoms with Gasteiger partial charge in [0.2, 0.25) is 0 Å². The molecule has 1 nitrogen and oxygen atoms in total. The highest BCUT2D eigenvalue weighted by atomic mass is 32.2. The maximum absolute atomic E-state index is 2.46. The van der Waals surface area contributed by atoms with Crippen LogP contribution in [0.2, 0.25) is 0 Å². The van der Waals surface area contributed by atoms with Crippen LogP contribution >= 0.6 is 11.8 Å². The molecule has 1 aliphatic rings. The second-order valence-electron chi connectivity index (χ2n) is 3.50. The second-order valence-corrected chi connectivity index (χ2v) is 4.92. The van der Waals surface area contributed by atoms with Gasteiger partial charge in [-0.3, -0.25) is 0 Å². The molecule has 1 atom stereocenters. The van der Waals surface area contributed by atoms with E-state index in [9.17, 15) is 0 Å². The molecule has 0 aliphatic carbocycles. The van der Waals surface area contributed by atoms with E-state index < -0.39 is 0 Å².